The molecule has 0 bridgehead atoms. The van der Waals surface area contributed by atoms with Crippen LogP contribution < -0.4 is 10.2 Å². The molecule has 0 amide bonds. The van der Waals surface area contributed by atoms with Crippen molar-refractivity contribution in [2.24, 2.45) is 0 Å². The molecule has 0 saturated carbocycles. The second-order valence-electron chi connectivity index (χ2n) is 5.05. The summed E-state index contributed by atoms with van der Waals surface area (Å²) in [5.41, 5.74) is 3.62. The van der Waals surface area contributed by atoms with E-state index >= 15 is 0 Å². The van der Waals surface area contributed by atoms with Gasteiger partial charge in [-0.25, -0.2) is 4.98 Å². The van der Waals surface area contributed by atoms with Gasteiger partial charge >= 0.3 is 0 Å². The average Bonchev–Trinajstić information content (AvgIpc) is 2.39. The zero-order valence-corrected chi connectivity index (χ0v) is 12.0. The molecular weight excluding hydrogens is 234 g/mol. The predicted molar refractivity (Wildman–Crippen MR) is 81.8 cm³/mol. The van der Waals surface area contributed by atoms with Crippen LogP contribution in [0.5, 0.6) is 0 Å². The lowest BCUT2D eigenvalue weighted by atomic mass is 10.1. The van der Waals surface area contributed by atoms with E-state index in [1.165, 1.54) is 11.1 Å². The van der Waals surface area contributed by atoms with Crippen molar-refractivity contribution in [1.82, 2.24) is 4.98 Å². The van der Waals surface area contributed by atoms with Gasteiger partial charge in [0.2, 0.25) is 0 Å². The zero-order valence-electron chi connectivity index (χ0n) is 12.0. The Bertz CT molecular complexity index is 532. The maximum atomic E-state index is 4.40. The maximum absolute atomic E-state index is 4.40. The summed E-state index contributed by atoms with van der Waals surface area (Å²) in [6.45, 7) is 4.27. The minimum atomic E-state index is 0.253. The summed E-state index contributed by atoms with van der Waals surface area (Å²) in [6.07, 6.45) is 1.82. The average molecular weight is 255 g/mol. The van der Waals surface area contributed by atoms with Crippen molar-refractivity contribution in [3.63, 3.8) is 0 Å². The molecule has 1 unspecified atom stereocenters. The van der Waals surface area contributed by atoms with Crippen LogP contribution in [0.15, 0.2) is 42.6 Å². The summed E-state index contributed by atoms with van der Waals surface area (Å²) in [7, 11) is 4.01. The molecular formula is C16H21N3. The largest absolute Gasteiger partial charge is 0.376 e. The minimum Gasteiger partial charge on any atom is -0.376 e. The Balaban J connectivity index is 2.19. The number of anilines is 2. The highest BCUT2D eigenvalue weighted by Gasteiger charge is 2.09. The van der Waals surface area contributed by atoms with Gasteiger partial charge in [-0.05, 0) is 31.5 Å². The second-order valence-corrected chi connectivity index (χ2v) is 5.05. The Morgan fingerprint density at radius 1 is 1.11 bits per heavy atom. The van der Waals surface area contributed by atoms with Crippen LogP contribution in [0.1, 0.15) is 24.1 Å². The highest BCUT2D eigenvalue weighted by Crippen LogP contribution is 2.25. The first-order valence-corrected chi connectivity index (χ1v) is 6.53. The number of pyridine rings is 1. The first kappa shape index (κ1) is 13.4. The Kier molecular flexibility index (Phi) is 4.05. The van der Waals surface area contributed by atoms with E-state index in [4.69, 9.17) is 0 Å². The lowest BCUT2D eigenvalue weighted by Crippen LogP contribution is -2.15. The highest BCUT2D eigenvalue weighted by atomic mass is 15.2. The normalized spacial score (nSPS) is 12.0. The van der Waals surface area contributed by atoms with Gasteiger partial charge in [0.1, 0.15) is 0 Å². The van der Waals surface area contributed by atoms with Crippen LogP contribution in [-0.2, 0) is 0 Å². The summed E-state index contributed by atoms with van der Waals surface area (Å²) >= 11 is 0. The van der Waals surface area contributed by atoms with E-state index in [-0.39, 0.29) is 6.04 Å². The van der Waals surface area contributed by atoms with Gasteiger partial charge in [-0.1, -0.05) is 29.8 Å². The molecule has 0 spiro atoms. The molecule has 0 aliphatic rings. The fourth-order valence-electron chi connectivity index (χ4n) is 2.04. The lowest BCUT2D eigenvalue weighted by molar-refractivity contribution is 0.879. The Labute approximate surface area is 115 Å². The summed E-state index contributed by atoms with van der Waals surface area (Å²) < 4.78 is 0. The van der Waals surface area contributed by atoms with Gasteiger partial charge in [0.15, 0.2) is 5.82 Å². The second kappa shape index (κ2) is 5.74. The molecule has 1 N–H and O–H groups in total. The zero-order chi connectivity index (χ0) is 13.8. The van der Waals surface area contributed by atoms with Crippen LogP contribution >= 0.6 is 0 Å². The SMILES string of the molecule is Cc1ccc(C(C)Nc2cccnc2N(C)C)cc1. The maximum Gasteiger partial charge on any atom is 0.151 e. The number of aromatic nitrogens is 1. The predicted octanol–water partition coefficient (Wildman–Crippen LogP) is 3.63. The molecule has 19 heavy (non-hydrogen) atoms. The van der Waals surface area contributed by atoms with E-state index in [0.29, 0.717) is 0 Å². The van der Waals surface area contributed by atoms with Crippen molar-refractivity contribution < 1.29 is 0 Å². The summed E-state index contributed by atoms with van der Waals surface area (Å²) in [4.78, 5) is 6.42. The van der Waals surface area contributed by atoms with Crippen molar-refractivity contribution in [1.29, 1.82) is 0 Å². The molecule has 3 nitrogen and oxygen atoms in total. The molecule has 0 fully saturated rings. The molecule has 1 aromatic heterocycles. The van der Waals surface area contributed by atoms with Crippen LogP contribution in [0.4, 0.5) is 11.5 Å². The Morgan fingerprint density at radius 2 is 1.79 bits per heavy atom. The standard InChI is InChI=1S/C16H21N3/c1-12-7-9-14(10-8-12)13(2)18-15-6-5-11-17-16(15)19(3)4/h5-11,13,18H,1-4H3. The van der Waals surface area contributed by atoms with Gasteiger partial charge in [0.05, 0.1) is 5.69 Å². The van der Waals surface area contributed by atoms with Crippen LogP contribution in [0, 0.1) is 6.92 Å². The molecule has 1 atom stereocenters. The van der Waals surface area contributed by atoms with E-state index < -0.39 is 0 Å². The minimum absolute atomic E-state index is 0.253. The molecule has 100 valence electrons. The van der Waals surface area contributed by atoms with Crippen molar-refractivity contribution in [2.75, 3.05) is 24.3 Å². The van der Waals surface area contributed by atoms with Crippen molar-refractivity contribution in [3.05, 3.63) is 53.7 Å². The van der Waals surface area contributed by atoms with Crippen LogP contribution in [0.2, 0.25) is 0 Å². The summed E-state index contributed by atoms with van der Waals surface area (Å²) in [6, 6.07) is 12.9. The molecule has 0 radical (unpaired) electrons. The van der Waals surface area contributed by atoms with E-state index in [0.717, 1.165) is 11.5 Å². The molecule has 0 aliphatic heterocycles. The van der Waals surface area contributed by atoms with Gasteiger partial charge < -0.3 is 10.2 Å². The molecule has 0 aliphatic carbocycles. The lowest BCUT2D eigenvalue weighted by Gasteiger charge is -2.21. The van der Waals surface area contributed by atoms with Gasteiger partial charge in [-0.15, -0.1) is 0 Å². The van der Waals surface area contributed by atoms with Crippen LogP contribution in [0.3, 0.4) is 0 Å². The van der Waals surface area contributed by atoms with Gasteiger partial charge in [-0.3, -0.25) is 0 Å². The topological polar surface area (TPSA) is 28.2 Å². The van der Waals surface area contributed by atoms with Crippen molar-refractivity contribution >= 4 is 11.5 Å². The first-order chi connectivity index (χ1) is 9.08. The molecule has 1 aromatic carbocycles. The Morgan fingerprint density at radius 3 is 2.42 bits per heavy atom. The fraction of sp³-hybridized carbons (Fsp3) is 0.312. The van der Waals surface area contributed by atoms with E-state index in [2.05, 4.69) is 54.5 Å². The number of nitrogens with zero attached hydrogens (tertiary/aromatic N) is 2. The molecule has 2 aromatic rings. The number of rotatable bonds is 4. The van der Waals surface area contributed by atoms with E-state index in [1.807, 2.05) is 31.3 Å². The number of nitrogens with one attached hydrogen (secondary N) is 1. The van der Waals surface area contributed by atoms with Crippen LogP contribution in [-0.4, -0.2) is 19.1 Å². The number of aryl methyl sites for hydroxylation is 1. The number of benzene rings is 1. The highest BCUT2D eigenvalue weighted by molar-refractivity contribution is 5.65. The van der Waals surface area contributed by atoms with Crippen molar-refractivity contribution in [2.45, 2.75) is 19.9 Å². The van der Waals surface area contributed by atoms with Crippen LogP contribution in [0.25, 0.3) is 0 Å². The third-order valence-corrected chi connectivity index (χ3v) is 3.16. The molecule has 0 saturated heterocycles. The monoisotopic (exact) mass is 255 g/mol. The van der Waals surface area contributed by atoms with E-state index in [9.17, 15) is 0 Å². The van der Waals surface area contributed by atoms with Gasteiger partial charge in [-0.2, -0.15) is 0 Å². The summed E-state index contributed by atoms with van der Waals surface area (Å²) in [5, 5.41) is 3.52. The van der Waals surface area contributed by atoms with Gasteiger partial charge in [0.25, 0.3) is 0 Å². The Hall–Kier alpha value is -2.03. The fourth-order valence-corrected chi connectivity index (χ4v) is 2.04. The van der Waals surface area contributed by atoms with Gasteiger partial charge in [0, 0.05) is 26.3 Å². The quantitative estimate of drug-likeness (QED) is 0.904. The first-order valence-electron chi connectivity index (χ1n) is 6.53. The smallest absolute Gasteiger partial charge is 0.151 e. The van der Waals surface area contributed by atoms with Crippen molar-refractivity contribution in [3.8, 4) is 0 Å². The summed E-state index contributed by atoms with van der Waals surface area (Å²) in [5.74, 6) is 0.960. The number of hydrogen-bond acceptors (Lipinski definition) is 3. The molecule has 2 rings (SSSR count). The molecule has 1 heterocycles. The third kappa shape index (κ3) is 3.25. The third-order valence-electron chi connectivity index (χ3n) is 3.16. The molecule has 3 heteroatoms. The van der Waals surface area contributed by atoms with E-state index in [1.54, 1.807) is 0 Å². The number of hydrogen-bond donors (Lipinski definition) is 1.